The molecule has 0 saturated heterocycles. The molecule has 0 aliphatic heterocycles. The standard InChI is InChI=1S/C32H61NO3/c1-3-5-7-8-9-10-11-12-13-14-15-16-17-18-19-20-21-22-23-24-26-28-32(36)33-30(29-34)31(35)27-25-6-4-2/h11-12,14-15,30-31,34-35H,3-10,13,16-29H2,1-2H3,(H,33,36)/b12-11-,15-14-. The molecule has 0 heterocycles. The summed E-state index contributed by atoms with van der Waals surface area (Å²) in [5.74, 6) is -0.0496. The van der Waals surface area contributed by atoms with Crippen LogP contribution in [0.4, 0.5) is 0 Å². The maximum atomic E-state index is 12.1. The Hall–Kier alpha value is -1.13. The van der Waals surface area contributed by atoms with Gasteiger partial charge in [-0.3, -0.25) is 4.79 Å². The fraction of sp³-hybridized carbons (Fsp3) is 0.844. The topological polar surface area (TPSA) is 69.6 Å². The fourth-order valence-corrected chi connectivity index (χ4v) is 4.50. The van der Waals surface area contributed by atoms with Crippen molar-refractivity contribution in [1.29, 1.82) is 0 Å². The molecule has 0 rings (SSSR count). The number of hydrogen-bond acceptors (Lipinski definition) is 3. The van der Waals surface area contributed by atoms with E-state index < -0.39 is 12.1 Å². The molecule has 0 saturated carbocycles. The highest BCUT2D eigenvalue weighted by atomic mass is 16.3. The Bertz CT molecular complexity index is 518. The molecule has 2 atom stereocenters. The third kappa shape index (κ3) is 24.6. The molecule has 212 valence electrons. The molecule has 0 aliphatic carbocycles. The molecule has 0 spiro atoms. The van der Waals surface area contributed by atoms with E-state index in [0.29, 0.717) is 12.8 Å². The van der Waals surface area contributed by atoms with Crippen molar-refractivity contribution in [3.63, 3.8) is 0 Å². The Labute approximate surface area is 224 Å². The van der Waals surface area contributed by atoms with Crippen molar-refractivity contribution in [2.75, 3.05) is 6.61 Å². The van der Waals surface area contributed by atoms with Gasteiger partial charge in [-0.25, -0.2) is 0 Å². The van der Waals surface area contributed by atoms with Crippen LogP contribution in [0.3, 0.4) is 0 Å². The van der Waals surface area contributed by atoms with Crippen molar-refractivity contribution in [3.8, 4) is 0 Å². The highest BCUT2D eigenvalue weighted by molar-refractivity contribution is 5.76. The van der Waals surface area contributed by atoms with Gasteiger partial charge < -0.3 is 15.5 Å². The Morgan fingerprint density at radius 3 is 1.67 bits per heavy atom. The van der Waals surface area contributed by atoms with Gasteiger partial charge in [0.1, 0.15) is 0 Å². The van der Waals surface area contributed by atoms with Crippen LogP contribution < -0.4 is 5.32 Å². The lowest BCUT2D eigenvalue weighted by atomic mass is 10.0. The highest BCUT2D eigenvalue weighted by Gasteiger charge is 2.19. The van der Waals surface area contributed by atoms with Gasteiger partial charge in [0.2, 0.25) is 5.91 Å². The maximum Gasteiger partial charge on any atom is 0.220 e. The van der Waals surface area contributed by atoms with E-state index in [2.05, 4.69) is 43.5 Å². The molecule has 0 aromatic rings. The largest absolute Gasteiger partial charge is 0.394 e. The van der Waals surface area contributed by atoms with Crippen molar-refractivity contribution in [3.05, 3.63) is 24.3 Å². The number of carbonyl (C=O) groups excluding carboxylic acids is 1. The number of rotatable bonds is 27. The average molecular weight is 508 g/mol. The SMILES string of the molecule is CCCCCCC/C=C\C/C=C\CCCCCCCCCCCC(=O)NC(CO)C(O)CCCCC. The minimum absolute atomic E-state index is 0.0496. The number of carbonyl (C=O) groups is 1. The summed E-state index contributed by atoms with van der Waals surface area (Å²) in [4.78, 5) is 12.1. The normalized spacial score (nSPS) is 13.6. The molecular weight excluding hydrogens is 446 g/mol. The van der Waals surface area contributed by atoms with Crippen LogP contribution in [0.5, 0.6) is 0 Å². The number of aliphatic hydroxyl groups excluding tert-OH is 2. The lowest BCUT2D eigenvalue weighted by molar-refractivity contribution is -0.123. The van der Waals surface area contributed by atoms with Crippen molar-refractivity contribution >= 4 is 5.91 Å². The van der Waals surface area contributed by atoms with Gasteiger partial charge in [-0.2, -0.15) is 0 Å². The molecule has 0 fully saturated rings. The number of hydrogen-bond donors (Lipinski definition) is 3. The Morgan fingerprint density at radius 2 is 1.14 bits per heavy atom. The number of nitrogens with one attached hydrogen (secondary N) is 1. The molecule has 36 heavy (non-hydrogen) atoms. The molecule has 0 radical (unpaired) electrons. The molecule has 2 unspecified atom stereocenters. The van der Waals surface area contributed by atoms with Crippen molar-refractivity contribution in [2.24, 2.45) is 0 Å². The predicted molar refractivity (Wildman–Crippen MR) is 156 cm³/mol. The average Bonchev–Trinajstić information content (AvgIpc) is 2.88. The molecule has 3 N–H and O–H groups in total. The summed E-state index contributed by atoms with van der Waals surface area (Å²) < 4.78 is 0. The quantitative estimate of drug-likeness (QED) is 0.0770. The second-order valence-electron chi connectivity index (χ2n) is 10.5. The molecule has 0 bridgehead atoms. The third-order valence-corrected chi connectivity index (χ3v) is 6.97. The van der Waals surface area contributed by atoms with Gasteiger partial charge in [0, 0.05) is 6.42 Å². The van der Waals surface area contributed by atoms with Gasteiger partial charge >= 0.3 is 0 Å². The van der Waals surface area contributed by atoms with E-state index in [1.807, 2.05) is 0 Å². The van der Waals surface area contributed by atoms with Crippen LogP contribution in [0.15, 0.2) is 24.3 Å². The molecule has 4 heteroatoms. The number of allylic oxidation sites excluding steroid dienone is 4. The van der Waals surface area contributed by atoms with E-state index in [1.54, 1.807) is 0 Å². The maximum absolute atomic E-state index is 12.1. The zero-order valence-electron chi connectivity index (χ0n) is 24.0. The van der Waals surface area contributed by atoms with Crippen LogP contribution >= 0.6 is 0 Å². The first-order valence-corrected chi connectivity index (χ1v) is 15.5. The molecule has 0 aromatic heterocycles. The first kappa shape index (κ1) is 34.9. The Kier molecular flexibility index (Phi) is 27.5. The molecule has 1 amide bonds. The highest BCUT2D eigenvalue weighted by Crippen LogP contribution is 2.12. The number of amides is 1. The summed E-state index contributed by atoms with van der Waals surface area (Å²) in [5.41, 5.74) is 0. The number of unbranched alkanes of at least 4 members (excludes halogenated alkanes) is 16. The van der Waals surface area contributed by atoms with Crippen LogP contribution in [0.25, 0.3) is 0 Å². The van der Waals surface area contributed by atoms with Crippen LogP contribution in [-0.2, 0) is 4.79 Å². The second-order valence-corrected chi connectivity index (χ2v) is 10.5. The molecule has 0 aromatic carbocycles. The first-order chi connectivity index (χ1) is 17.7. The Balaban J connectivity index is 3.46. The summed E-state index contributed by atoms with van der Waals surface area (Å²) >= 11 is 0. The van der Waals surface area contributed by atoms with Gasteiger partial charge in [0.15, 0.2) is 0 Å². The zero-order chi connectivity index (χ0) is 26.5. The van der Waals surface area contributed by atoms with Crippen LogP contribution in [0.1, 0.15) is 155 Å². The lowest BCUT2D eigenvalue weighted by Crippen LogP contribution is -2.45. The van der Waals surface area contributed by atoms with Gasteiger partial charge in [-0.05, 0) is 44.9 Å². The van der Waals surface area contributed by atoms with Gasteiger partial charge in [0.05, 0.1) is 18.8 Å². The molecule has 0 aliphatic rings. The van der Waals surface area contributed by atoms with E-state index >= 15 is 0 Å². The van der Waals surface area contributed by atoms with Crippen molar-refractivity contribution in [1.82, 2.24) is 5.32 Å². The summed E-state index contributed by atoms with van der Waals surface area (Å²) in [6, 6.07) is -0.531. The van der Waals surface area contributed by atoms with Crippen LogP contribution in [0, 0.1) is 0 Å². The van der Waals surface area contributed by atoms with Gasteiger partial charge in [0.25, 0.3) is 0 Å². The second kappa shape index (κ2) is 28.4. The Morgan fingerprint density at radius 1 is 0.667 bits per heavy atom. The predicted octanol–water partition coefficient (Wildman–Crippen LogP) is 8.56. The zero-order valence-corrected chi connectivity index (χ0v) is 24.0. The van der Waals surface area contributed by atoms with E-state index in [-0.39, 0.29) is 12.5 Å². The van der Waals surface area contributed by atoms with Gasteiger partial charge in [-0.15, -0.1) is 0 Å². The summed E-state index contributed by atoms with van der Waals surface area (Å²) in [6.45, 7) is 4.18. The van der Waals surface area contributed by atoms with Crippen molar-refractivity contribution < 1.29 is 15.0 Å². The van der Waals surface area contributed by atoms with Crippen LogP contribution in [0.2, 0.25) is 0 Å². The third-order valence-electron chi connectivity index (χ3n) is 6.97. The minimum Gasteiger partial charge on any atom is -0.394 e. The monoisotopic (exact) mass is 507 g/mol. The lowest BCUT2D eigenvalue weighted by Gasteiger charge is -2.22. The molecule has 4 nitrogen and oxygen atoms in total. The summed E-state index contributed by atoms with van der Waals surface area (Å²) in [7, 11) is 0. The first-order valence-electron chi connectivity index (χ1n) is 15.5. The smallest absolute Gasteiger partial charge is 0.220 e. The molecular formula is C32H61NO3. The van der Waals surface area contributed by atoms with E-state index in [0.717, 1.165) is 38.5 Å². The number of aliphatic hydroxyl groups is 2. The summed E-state index contributed by atoms with van der Waals surface area (Å²) in [5, 5.41) is 22.4. The van der Waals surface area contributed by atoms with E-state index in [9.17, 15) is 15.0 Å². The van der Waals surface area contributed by atoms with E-state index in [1.165, 1.54) is 89.9 Å². The summed E-state index contributed by atoms with van der Waals surface area (Å²) in [6.07, 6.45) is 34.2. The van der Waals surface area contributed by atoms with Crippen LogP contribution in [-0.4, -0.2) is 34.9 Å². The fourth-order valence-electron chi connectivity index (χ4n) is 4.50. The van der Waals surface area contributed by atoms with Gasteiger partial charge in [-0.1, -0.05) is 128 Å². The minimum atomic E-state index is -0.654. The van der Waals surface area contributed by atoms with Crippen molar-refractivity contribution in [2.45, 2.75) is 167 Å². The van der Waals surface area contributed by atoms with E-state index in [4.69, 9.17) is 0 Å².